The number of halogens is 3. The van der Waals surface area contributed by atoms with Crippen molar-refractivity contribution in [1.29, 1.82) is 0 Å². The SMILES string of the molecule is Cn1cc(CN2CCC3(c4ccccc4)CCN(S(C)(=O)=O)C3C2)cn1.O=C(O)C(F)(F)F. The normalized spacial score (nSPS) is 24.1. The van der Waals surface area contributed by atoms with E-state index in [9.17, 15) is 21.6 Å². The van der Waals surface area contributed by atoms with Crippen molar-refractivity contribution in [2.45, 2.75) is 37.0 Å². The van der Waals surface area contributed by atoms with Gasteiger partial charge in [0.1, 0.15) is 0 Å². The molecule has 0 bridgehead atoms. The van der Waals surface area contributed by atoms with E-state index in [2.05, 4.69) is 34.3 Å². The largest absolute Gasteiger partial charge is 0.490 e. The van der Waals surface area contributed by atoms with Gasteiger partial charge in [-0.2, -0.15) is 22.6 Å². The van der Waals surface area contributed by atoms with E-state index in [4.69, 9.17) is 9.90 Å². The predicted octanol–water partition coefficient (Wildman–Crippen LogP) is 2.23. The van der Waals surface area contributed by atoms with Gasteiger partial charge in [-0.25, -0.2) is 13.2 Å². The molecule has 12 heteroatoms. The van der Waals surface area contributed by atoms with Crippen molar-refractivity contribution < 1.29 is 31.5 Å². The third-order valence-corrected chi connectivity index (χ3v) is 7.54. The smallest absolute Gasteiger partial charge is 0.475 e. The topological polar surface area (TPSA) is 95.7 Å². The van der Waals surface area contributed by atoms with E-state index in [-0.39, 0.29) is 11.5 Å². The highest BCUT2D eigenvalue weighted by Crippen LogP contribution is 2.46. The molecule has 1 N–H and O–H groups in total. The Bertz CT molecular complexity index is 1070. The molecule has 2 aliphatic heterocycles. The molecule has 2 aliphatic rings. The zero-order chi connectivity index (χ0) is 24.4. The first-order chi connectivity index (χ1) is 15.3. The predicted molar refractivity (Wildman–Crippen MR) is 115 cm³/mol. The summed E-state index contributed by atoms with van der Waals surface area (Å²) in [5.41, 5.74) is 2.37. The Morgan fingerprint density at radius 3 is 2.33 bits per heavy atom. The maximum absolute atomic E-state index is 12.4. The average Bonchev–Trinajstić information content (AvgIpc) is 3.32. The Morgan fingerprint density at radius 1 is 1.21 bits per heavy atom. The number of aryl methyl sites for hydroxylation is 1. The maximum Gasteiger partial charge on any atom is 0.490 e. The molecule has 0 spiro atoms. The minimum atomic E-state index is -5.08. The van der Waals surface area contributed by atoms with E-state index < -0.39 is 22.2 Å². The first-order valence-electron chi connectivity index (χ1n) is 10.4. The Kier molecular flexibility index (Phi) is 7.20. The second kappa shape index (κ2) is 9.43. The van der Waals surface area contributed by atoms with Gasteiger partial charge in [0, 0.05) is 49.9 Å². The van der Waals surface area contributed by atoms with Crippen LogP contribution in [0.4, 0.5) is 13.2 Å². The van der Waals surface area contributed by atoms with Gasteiger partial charge in [-0.3, -0.25) is 9.58 Å². The van der Waals surface area contributed by atoms with Crippen LogP contribution in [-0.2, 0) is 33.8 Å². The van der Waals surface area contributed by atoms with Crippen LogP contribution in [0.3, 0.4) is 0 Å². The summed E-state index contributed by atoms with van der Waals surface area (Å²) in [6.45, 7) is 3.15. The number of rotatable bonds is 4. The third-order valence-electron chi connectivity index (χ3n) is 6.25. The maximum atomic E-state index is 12.4. The Hall–Kier alpha value is -2.44. The molecule has 2 aromatic rings. The van der Waals surface area contributed by atoms with E-state index >= 15 is 0 Å². The lowest BCUT2D eigenvalue weighted by Crippen LogP contribution is -2.56. The number of piperidine rings is 1. The quantitative estimate of drug-likeness (QED) is 0.709. The van der Waals surface area contributed by atoms with Crippen LogP contribution >= 0.6 is 0 Å². The van der Waals surface area contributed by atoms with Gasteiger partial charge in [-0.15, -0.1) is 0 Å². The van der Waals surface area contributed by atoms with E-state index in [1.54, 1.807) is 4.31 Å². The lowest BCUT2D eigenvalue weighted by atomic mass is 9.69. The van der Waals surface area contributed by atoms with Crippen LogP contribution in [-0.4, -0.2) is 76.6 Å². The van der Waals surface area contributed by atoms with E-state index in [1.807, 2.05) is 30.2 Å². The van der Waals surface area contributed by atoms with Crippen molar-refractivity contribution in [3.63, 3.8) is 0 Å². The molecule has 0 saturated carbocycles. The molecule has 1 aromatic heterocycles. The number of fused-ring (bicyclic) bond motifs is 1. The summed E-state index contributed by atoms with van der Waals surface area (Å²) in [6, 6.07) is 10.5. The van der Waals surface area contributed by atoms with Gasteiger partial charge in [-0.05, 0) is 24.9 Å². The van der Waals surface area contributed by atoms with Crippen LogP contribution in [0.25, 0.3) is 0 Å². The number of benzene rings is 1. The van der Waals surface area contributed by atoms with Crippen LogP contribution in [0.1, 0.15) is 24.0 Å². The molecule has 2 fully saturated rings. The van der Waals surface area contributed by atoms with Crippen LogP contribution in [0, 0.1) is 0 Å². The van der Waals surface area contributed by atoms with Crippen LogP contribution in [0.15, 0.2) is 42.7 Å². The summed E-state index contributed by atoms with van der Waals surface area (Å²) >= 11 is 0. The molecule has 0 radical (unpaired) electrons. The van der Waals surface area contributed by atoms with Gasteiger partial charge in [-0.1, -0.05) is 30.3 Å². The van der Waals surface area contributed by atoms with Crippen molar-refractivity contribution in [3.05, 3.63) is 53.9 Å². The number of carbonyl (C=O) groups is 1. The molecular formula is C21H27F3N4O4S. The van der Waals surface area contributed by atoms with Crippen LogP contribution in [0.2, 0.25) is 0 Å². The molecule has 33 heavy (non-hydrogen) atoms. The Labute approximate surface area is 190 Å². The summed E-state index contributed by atoms with van der Waals surface area (Å²) in [5, 5.41) is 11.4. The number of sulfonamides is 1. The first kappa shape index (κ1) is 25.2. The molecule has 2 atom stereocenters. The molecule has 4 rings (SSSR count). The van der Waals surface area contributed by atoms with Gasteiger partial charge in [0.25, 0.3) is 0 Å². The van der Waals surface area contributed by atoms with E-state index in [0.29, 0.717) is 6.54 Å². The van der Waals surface area contributed by atoms with Gasteiger partial charge >= 0.3 is 12.1 Å². The first-order valence-corrected chi connectivity index (χ1v) is 12.2. The minimum Gasteiger partial charge on any atom is -0.475 e. The molecule has 182 valence electrons. The van der Waals surface area contributed by atoms with Crippen molar-refractivity contribution >= 4 is 16.0 Å². The highest BCUT2D eigenvalue weighted by Gasteiger charge is 2.53. The standard InChI is InChI=1S/C19H26N4O2S.C2HF3O2/c1-21-13-16(12-20-21)14-22-10-8-19(17-6-4-3-5-7-17)9-11-23(18(19)15-22)26(2,24)25;3-2(4,5)1(6)7/h3-7,12-13,18H,8-11,14-15H2,1-2H3;(H,6,7). The van der Waals surface area contributed by atoms with Crippen molar-refractivity contribution in [1.82, 2.24) is 19.0 Å². The molecule has 0 amide bonds. The number of hydrogen-bond donors (Lipinski definition) is 1. The van der Waals surface area contributed by atoms with Crippen LogP contribution in [0.5, 0.6) is 0 Å². The molecular weight excluding hydrogens is 461 g/mol. The molecule has 3 heterocycles. The number of nitrogens with zero attached hydrogens (tertiary/aromatic N) is 4. The summed E-state index contributed by atoms with van der Waals surface area (Å²) in [7, 11) is -1.30. The zero-order valence-corrected chi connectivity index (χ0v) is 19.2. The van der Waals surface area contributed by atoms with Crippen LogP contribution < -0.4 is 0 Å². The van der Waals surface area contributed by atoms with Gasteiger partial charge in [0.15, 0.2) is 0 Å². The number of aromatic nitrogens is 2. The Morgan fingerprint density at radius 2 is 1.82 bits per heavy atom. The van der Waals surface area contributed by atoms with Gasteiger partial charge in [0.2, 0.25) is 10.0 Å². The number of aliphatic carboxylic acids is 1. The zero-order valence-electron chi connectivity index (χ0n) is 18.4. The highest BCUT2D eigenvalue weighted by atomic mass is 32.2. The molecule has 2 unspecified atom stereocenters. The molecule has 0 aliphatic carbocycles. The minimum absolute atomic E-state index is 0.00896. The fraction of sp³-hybridized carbons (Fsp3) is 0.524. The van der Waals surface area contributed by atoms with Gasteiger partial charge in [0.05, 0.1) is 12.5 Å². The molecule has 8 nitrogen and oxygen atoms in total. The van der Waals surface area contributed by atoms with Gasteiger partial charge < -0.3 is 5.11 Å². The summed E-state index contributed by atoms with van der Waals surface area (Å²) in [6.07, 6.45) is 2.06. The summed E-state index contributed by atoms with van der Waals surface area (Å²) in [5.74, 6) is -2.76. The summed E-state index contributed by atoms with van der Waals surface area (Å²) in [4.78, 5) is 11.3. The lowest BCUT2D eigenvalue weighted by Gasteiger charge is -2.46. The molecule has 1 aromatic carbocycles. The van der Waals surface area contributed by atoms with Crippen molar-refractivity contribution in [2.24, 2.45) is 7.05 Å². The van der Waals surface area contributed by atoms with E-state index in [0.717, 1.165) is 32.5 Å². The monoisotopic (exact) mass is 488 g/mol. The second-order valence-corrected chi connectivity index (χ2v) is 10.4. The fourth-order valence-electron chi connectivity index (χ4n) is 4.76. The fourth-order valence-corrected chi connectivity index (χ4v) is 5.92. The number of likely N-dealkylation sites (tertiary alicyclic amines) is 1. The Balaban J connectivity index is 0.000000383. The number of carboxylic acid groups (broad SMARTS) is 1. The highest BCUT2D eigenvalue weighted by molar-refractivity contribution is 7.88. The number of alkyl halides is 3. The lowest BCUT2D eigenvalue weighted by molar-refractivity contribution is -0.192. The van der Waals surface area contributed by atoms with Crippen molar-refractivity contribution in [2.75, 3.05) is 25.9 Å². The third kappa shape index (κ3) is 5.74. The van der Waals surface area contributed by atoms with Crippen molar-refractivity contribution in [3.8, 4) is 0 Å². The summed E-state index contributed by atoms with van der Waals surface area (Å²) < 4.78 is 60.1. The number of hydrogen-bond acceptors (Lipinski definition) is 5. The molecule has 2 saturated heterocycles. The second-order valence-electron chi connectivity index (χ2n) is 8.47. The average molecular weight is 489 g/mol. The number of carboxylic acids is 1. The van der Waals surface area contributed by atoms with E-state index in [1.165, 1.54) is 17.4 Å².